The summed E-state index contributed by atoms with van der Waals surface area (Å²) in [7, 11) is 0. The van der Waals surface area contributed by atoms with Crippen molar-refractivity contribution in [1.82, 2.24) is 0 Å². The molecule has 0 spiro atoms. The molecular formula is C10H12O5S. The fourth-order valence-corrected chi connectivity index (χ4v) is 1.80. The minimum absolute atomic E-state index is 0.124. The molecule has 0 aromatic carbocycles. The van der Waals surface area contributed by atoms with Crippen molar-refractivity contribution in [3.63, 3.8) is 0 Å². The van der Waals surface area contributed by atoms with E-state index in [9.17, 15) is 9.59 Å². The number of thioether (sulfide) groups is 1. The standard InChI is InChI=1S/C10H12O5S/c1-5-8(10(13)14)3-7(15-5)4-16-6(2)9(11)12/h3,6H,4H2,1-2H3,(H,11,12)(H,13,14)/t6-/m0/s1. The molecule has 0 bridgehead atoms. The quantitative estimate of drug-likeness (QED) is 0.823. The Morgan fingerprint density at radius 1 is 1.50 bits per heavy atom. The van der Waals surface area contributed by atoms with Gasteiger partial charge in [0.1, 0.15) is 17.1 Å². The van der Waals surface area contributed by atoms with Gasteiger partial charge in [0, 0.05) is 0 Å². The molecule has 0 aliphatic heterocycles. The largest absolute Gasteiger partial charge is 0.480 e. The molecular weight excluding hydrogens is 232 g/mol. The van der Waals surface area contributed by atoms with Crippen LogP contribution < -0.4 is 0 Å². The monoisotopic (exact) mass is 244 g/mol. The Balaban J connectivity index is 2.65. The van der Waals surface area contributed by atoms with E-state index in [1.54, 1.807) is 13.8 Å². The molecule has 0 radical (unpaired) electrons. The number of furan rings is 1. The zero-order valence-electron chi connectivity index (χ0n) is 8.89. The maximum atomic E-state index is 10.7. The Labute approximate surface area is 96.5 Å². The molecule has 0 aliphatic rings. The zero-order chi connectivity index (χ0) is 12.3. The van der Waals surface area contributed by atoms with E-state index in [1.165, 1.54) is 17.8 Å². The molecule has 1 aromatic heterocycles. The highest BCUT2D eigenvalue weighted by Crippen LogP contribution is 2.22. The molecule has 2 N–H and O–H groups in total. The van der Waals surface area contributed by atoms with E-state index in [0.717, 1.165) is 0 Å². The van der Waals surface area contributed by atoms with Gasteiger partial charge in [-0.15, -0.1) is 11.8 Å². The molecule has 0 amide bonds. The van der Waals surface area contributed by atoms with Crippen molar-refractivity contribution < 1.29 is 24.2 Å². The Morgan fingerprint density at radius 3 is 2.56 bits per heavy atom. The molecule has 0 saturated carbocycles. The van der Waals surface area contributed by atoms with Gasteiger partial charge in [-0.1, -0.05) is 0 Å². The summed E-state index contributed by atoms with van der Waals surface area (Å²) < 4.78 is 5.21. The summed E-state index contributed by atoms with van der Waals surface area (Å²) in [6.07, 6.45) is 0. The van der Waals surface area contributed by atoms with Crippen molar-refractivity contribution >= 4 is 23.7 Å². The minimum atomic E-state index is -1.04. The second-order valence-corrected chi connectivity index (χ2v) is 4.61. The number of aromatic carboxylic acids is 1. The van der Waals surface area contributed by atoms with Gasteiger partial charge in [-0.2, -0.15) is 0 Å². The first-order valence-corrected chi connectivity index (χ1v) is 5.63. The summed E-state index contributed by atoms with van der Waals surface area (Å²) >= 11 is 1.19. The normalized spacial score (nSPS) is 12.4. The number of carboxylic acids is 2. The molecule has 1 heterocycles. The lowest BCUT2D eigenvalue weighted by molar-refractivity contribution is -0.136. The number of aliphatic carboxylic acids is 1. The van der Waals surface area contributed by atoms with E-state index >= 15 is 0 Å². The van der Waals surface area contributed by atoms with Gasteiger partial charge in [0.2, 0.25) is 0 Å². The molecule has 0 fully saturated rings. The van der Waals surface area contributed by atoms with Crippen molar-refractivity contribution in [3.8, 4) is 0 Å². The molecule has 0 saturated heterocycles. The van der Waals surface area contributed by atoms with E-state index in [4.69, 9.17) is 14.6 Å². The van der Waals surface area contributed by atoms with Crippen LogP contribution in [0.25, 0.3) is 0 Å². The van der Waals surface area contributed by atoms with E-state index in [-0.39, 0.29) is 5.56 Å². The molecule has 1 aromatic rings. The number of rotatable bonds is 5. The van der Waals surface area contributed by atoms with Crippen LogP contribution in [0, 0.1) is 6.92 Å². The molecule has 0 aliphatic carbocycles. The van der Waals surface area contributed by atoms with Gasteiger partial charge in [-0.25, -0.2) is 4.79 Å². The van der Waals surface area contributed by atoms with E-state index in [2.05, 4.69) is 0 Å². The summed E-state index contributed by atoms with van der Waals surface area (Å²) in [4.78, 5) is 21.3. The van der Waals surface area contributed by atoms with E-state index in [0.29, 0.717) is 17.3 Å². The minimum Gasteiger partial charge on any atom is -0.480 e. The highest BCUT2D eigenvalue weighted by molar-refractivity contribution is 7.99. The van der Waals surface area contributed by atoms with Crippen LogP contribution in [0.4, 0.5) is 0 Å². The van der Waals surface area contributed by atoms with Crippen LogP contribution in [0.2, 0.25) is 0 Å². The third-order valence-electron chi connectivity index (χ3n) is 2.02. The number of aryl methyl sites for hydroxylation is 1. The molecule has 5 nitrogen and oxygen atoms in total. The maximum absolute atomic E-state index is 10.7. The number of carboxylic acid groups (broad SMARTS) is 2. The predicted molar refractivity (Wildman–Crippen MR) is 58.8 cm³/mol. The van der Waals surface area contributed by atoms with Crippen LogP contribution in [-0.4, -0.2) is 27.4 Å². The Morgan fingerprint density at radius 2 is 2.12 bits per heavy atom. The van der Waals surface area contributed by atoms with Crippen LogP contribution >= 0.6 is 11.8 Å². The lowest BCUT2D eigenvalue weighted by Crippen LogP contribution is -2.11. The van der Waals surface area contributed by atoms with Gasteiger partial charge in [-0.3, -0.25) is 4.79 Å². The number of hydrogen-bond donors (Lipinski definition) is 2. The number of hydrogen-bond acceptors (Lipinski definition) is 4. The average molecular weight is 244 g/mol. The SMILES string of the molecule is Cc1oc(CS[C@@H](C)C(=O)O)cc1C(=O)O. The Kier molecular flexibility index (Phi) is 4.00. The van der Waals surface area contributed by atoms with Crippen LogP contribution in [-0.2, 0) is 10.5 Å². The average Bonchev–Trinajstić information content (AvgIpc) is 2.56. The van der Waals surface area contributed by atoms with Gasteiger partial charge in [0.25, 0.3) is 0 Å². The fraction of sp³-hybridized carbons (Fsp3) is 0.400. The van der Waals surface area contributed by atoms with Gasteiger partial charge in [-0.05, 0) is 19.9 Å². The van der Waals surface area contributed by atoms with E-state index in [1.807, 2.05) is 0 Å². The van der Waals surface area contributed by atoms with Crippen molar-refractivity contribution in [3.05, 3.63) is 23.2 Å². The lowest BCUT2D eigenvalue weighted by Gasteiger charge is -2.02. The molecule has 16 heavy (non-hydrogen) atoms. The highest BCUT2D eigenvalue weighted by Gasteiger charge is 2.16. The molecule has 0 unspecified atom stereocenters. The third kappa shape index (κ3) is 3.03. The Hall–Kier alpha value is -1.43. The van der Waals surface area contributed by atoms with Gasteiger partial charge in [0.05, 0.1) is 11.0 Å². The fourth-order valence-electron chi connectivity index (χ4n) is 1.11. The molecule has 6 heteroatoms. The zero-order valence-corrected chi connectivity index (χ0v) is 9.71. The topological polar surface area (TPSA) is 87.7 Å². The molecule has 1 rings (SSSR count). The second-order valence-electron chi connectivity index (χ2n) is 3.28. The van der Waals surface area contributed by atoms with Crippen molar-refractivity contribution in [2.24, 2.45) is 0 Å². The number of carbonyl (C=O) groups is 2. The second kappa shape index (κ2) is 5.07. The van der Waals surface area contributed by atoms with Crippen LogP contribution in [0.3, 0.4) is 0 Å². The van der Waals surface area contributed by atoms with Crippen LogP contribution in [0.1, 0.15) is 28.8 Å². The molecule has 1 atom stereocenters. The first-order chi connectivity index (χ1) is 7.41. The summed E-state index contributed by atoms with van der Waals surface area (Å²) in [6.45, 7) is 3.14. The third-order valence-corrected chi connectivity index (χ3v) is 3.18. The summed E-state index contributed by atoms with van der Waals surface area (Å²) in [5.41, 5.74) is 0.124. The van der Waals surface area contributed by atoms with Gasteiger partial charge < -0.3 is 14.6 Å². The smallest absolute Gasteiger partial charge is 0.339 e. The first kappa shape index (κ1) is 12.6. The van der Waals surface area contributed by atoms with Gasteiger partial charge >= 0.3 is 11.9 Å². The van der Waals surface area contributed by atoms with Gasteiger partial charge in [0.15, 0.2) is 0 Å². The summed E-state index contributed by atoms with van der Waals surface area (Å²) in [5.74, 6) is -0.767. The van der Waals surface area contributed by atoms with E-state index < -0.39 is 17.2 Å². The summed E-state index contributed by atoms with van der Waals surface area (Å²) in [6, 6.07) is 1.43. The summed E-state index contributed by atoms with van der Waals surface area (Å²) in [5, 5.41) is 16.9. The van der Waals surface area contributed by atoms with Crippen LogP contribution in [0.15, 0.2) is 10.5 Å². The Bertz CT molecular complexity index is 409. The first-order valence-electron chi connectivity index (χ1n) is 4.59. The van der Waals surface area contributed by atoms with Crippen LogP contribution in [0.5, 0.6) is 0 Å². The van der Waals surface area contributed by atoms with Crippen molar-refractivity contribution in [1.29, 1.82) is 0 Å². The predicted octanol–water partition coefficient (Wildman–Crippen LogP) is 1.99. The molecule has 88 valence electrons. The maximum Gasteiger partial charge on any atom is 0.339 e. The lowest BCUT2D eigenvalue weighted by atomic mass is 10.2. The highest BCUT2D eigenvalue weighted by atomic mass is 32.2. The van der Waals surface area contributed by atoms with Crippen molar-refractivity contribution in [2.75, 3.05) is 0 Å². The van der Waals surface area contributed by atoms with Crippen molar-refractivity contribution in [2.45, 2.75) is 24.9 Å².